The lowest BCUT2D eigenvalue weighted by molar-refractivity contribution is -0.121. The van der Waals surface area contributed by atoms with Crippen molar-refractivity contribution in [3.63, 3.8) is 0 Å². The summed E-state index contributed by atoms with van der Waals surface area (Å²) in [6.45, 7) is 0.228. The van der Waals surface area contributed by atoms with Gasteiger partial charge < -0.3 is 4.90 Å². The van der Waals surface area contributed by atoms with E-state index >= 15 is 4.39 Å². The molecule has 1 aromatic heterocycles. The summed E-state index contributed by atoms with van der Waals surface area (Å²) in [6, 6.07) is 19.2. The van der Waals surface area contributed by atoms with Gasteiger partial charge >= 0.3 is 0 Å². The Kier molecular flexibility index (Phi) is 6.54. The first-order valence-corrected chi connectivity index (χ1v) is 15.2. The largest absolute Gasteiger partial charge is 0.309 e. The molecule has 2 heterocycles. The number of aromatic nitrogens is 1. The van der Waals surface area contributed by atoms with Gasteiger partial charge in [0.15, 0.2) is 15.7 Å². The van der Waals surface area contributed by atoms with E-state index in [1.165, 1.54) is 35.2 Å². The normalized spacial score (nSPS) is 16.7. The van der Waals surface area contributed by atoms with Gasteiger partial charge in [-0.25, -0.2) is 26.4 Å². The van der Waals surface area contributed by atoms with E-state index in [9.17, 15) is 21.6 Å². The Balaban J connectivity index is 1.54. The molecule has 0 spiro atoms. The zero-order valence-electron chi connectivity index (χ0n) is 20.3. The van der Waals surface area contributed by atoms with Crippen LogP contribution >= 0.6 is 0 Å². The quantitative estimate of drug-likeness (QED) is 0.398. The number of primary sulfonamides is 1. The van der Waals surface area contributed by atoms with Gasteiger partial charge in [-0.2, -0.15) is 0 Å². The van der Waals surface area contributed by atoms with Crippen molar-refractivity contribution in [2.75, 3.05) is 17.7 Å². The van der Waals surface area contributed by atoms with E-state index in [2.05, 4.69) is 4.98 Å². The molecule has 38 heavy (non-hydrogen) atoms. The summed E-state index contributed by atoms with van der Waals surface area (Å²) in [5, 5.41) is 5.75. The maximum Gasteiger partial charge on any atom is 0.238 e. The molecule has 0 radical (unpaired) electrons. The Morgan fingerprint density at radius 3 is 2.39 bits per heavy atom. The van der Waals surface area contributed by atoms with Crippen LogP contribution in [0.5, 0.6) is 0 Å². The number of anilines is 1. The monoisotopic (exact) mass is 553 g/mol. The highest BCUT2D eigenvalue weighted by atomic mass is 32.2. The molecule has 8 nitrogen and oxygen atoms in total. The number of benzene rings is 3. The molecule has 1 aliphatic heterocycles. The summed E-state index contributed by atoms with van der Waals surface area (Å²) in [5.74, 6) is -2.04. The smallest absolute Gasteiger partial charge is 0.238 e. The molecule has 11 heteroatoms. The number of rotatable bonds is 5. The molecule has 1 amide bonds. The third-order valence-corrected chi connectivity index (χ3v) is 8.68. The molecule has 1 aliphatic rings. The average molecular weight is 554 g/mol. The van der Waals surface area contributed by atoms with E-state index in [0.717, 1.165) is 6.26 Å². The summed E-state index contributed by atoms with van der Waals surface area (Å²) in [7, 11) is -7.85. The number of pyridine rings is 1. The van der Waals surface area contributed by atoms with Crippen molar-refractivity contribution < 1.29 is 26.0 Å². The molecule has 0 saturated carbocycles. The summed E-state index contributed by atoms with van der Waals surface area (Å²) >= 11 is 0. The standard InChI is InChI=1S/C27H24FN3O5S2/c1-37(33,34)26-20(17-6-3-2-4-7-17)11-14-24(25(26)28)31-15-5-8-21(27(31)32)23-12-9-18-16-19(38(29,35)36)10-13-22(18)30-23/h2-4,6-7,9-14,16,21H,5,8,15H2,1H3,(H2,29,35,36). The van der Waals surface area contributed by atoms with Gasteiger partial charge in [0.05, 0.1) is 27.7 Å². The Bertz CT molecular complexity index is 1790. The number of piperidine rings is 1. The molecule has 1 atom stereocenters. The van der Waals surface area contributed by atoms with E-state index in [4.69, 9.17) is 5.14 Å². The first-order valence-electron chi connectivity index (χ1n) is 11.8. The fraction of sp³-hybridized carbons (Fsp3) is 0.185. The first-order chi connectivity index (χ1) is 17.9. The fourth-order valence-electron chi connectivity index (χ4n) is 4.84. The maximum absolute atomic E-state index is 15.9. The highest BCUT2D eigenvalue weighted by molar-refractivity contribution is 7.91. The van der Waals surface area contributed by atoms with Crippen LogP contribution in [0.15, 0.2) is 82.6 Å². The topological polar surface area (TPSA) is 128 Å². The number of sulfone groups is 1. The second-order valence-corrected chi connectivity index (χ2v) is 12.7. The van der Waals surface area contributed by atoms with Gasteiger partial charge in [0, 0.05) is 23.8 Å². The van der Waals surface area contributed by atoms with Crippen LogP contribution in [0.1, 0.15) is 24.5 Å². The number of carbonyl (C=O) groups is 1. The minimum Gasteiger partial charge on any atom is -0.309 e. The van der Waals surface area contributed by atoms with Gasteiger partial charge in [-0.1, -0.05) is 42.5 Å². The van der Waals surface area contributed by atoms with Crippen molar-refractivity contribution in [3.05, 3.63) is 84.3 Å². The number of halogens is 1. The van der Waals surface area contributed by atoms with Crippen molar-refractivity contribution in [2.45, 2.75) is 28.6 Å². The number of nitrogens with zero attached hydrogens (tertiary/aromatic N) is 2. The molecule has 4 aromatic rings. The number of amides is 1. The van der Waals surface area contributed by atoms with Gasteiger partial charge in [0.2, 0.25) is 15.9 Å². The lowest BCUT2D eigenvalue weighted by atomic mass is 9.92. The number of nitrogens with two attached hydrogens (primary N) is 1. The van der Waals surface area contributed by atoms with Crippen LogP contribution in [0.3, 0.4) is 0 Å². The van der Waals surface area contributed by atoms with Gasteiger partial charge in [-0.3, -0.25) is 9.78 Å². The summed E-state index contributed by atoms with van der Waals surface area (Å²) in [6.07, 6.45) is 1.98. The molecule has 3 aromatic carbocycles. The molecule has 1 unspecified atom stereocenters. The number of carbonyl (C=O) groups excluding carboxylic acids is 1. The minimum atomic E-state index is -3.97. The zero-order valence-corrected chi connectivity index (χ0v) is 22.0. The average Bonchev–Trinajstić information content (AvgIpc) is 2.87. The van der Waals surface area contributed by atoms with Crippen LogP contribution < -0.4 is 10.0 Å². The third kappa shape index (κ3) is 4.80. The van der Waals surface area contributed by atoms with Crippen molar-refractivity contribution in [1.29, 1.82) is 0 Å². The second-order valence-electron chi connectivity index (χ2n) is 9.23. The molecule has 0 aliphatic carbocycles. The predicted molar refractivity (Wildman–Crippen MR) is 142 cm³/mol. The summed E-state index contributed by atoms with van der Waals surface area (Å²) in [4.78, 5) is 18.9. The number of hydrogen-bond acceptors (Lipinski definition) is 6. The summed E-state index contributed by atoms with van der Waals surface area (Å²) in [5.41, 5.74) is 1.62. The predicted octanol–water partition coefficient (Wildman–Crippen LogP) is 4.00. The van der Waals surface area contributed by atoms with Crippen LogP contribution in [0.2, 0.25) is 0 Å². The Hall–Kier alpha value is -3.67. The van der Waals surface area contributed by atoms with Crippen molar-refractivity contribution in [1.82, 2.24) is 4.98 Å². The Labute approximate surface area is 219 Å². The molecule has 1 fully saturated rings. The first kappa shape index (κ1) is 26.0. The van der Waals surface area contributed by atoms with Crippen molar-refractivity contribution >= 4 is 42.4 Å². The van der Waals surface area contributed by atoms with Gasteiger partial charge in [-0.05, 0) is 48.7 Å². The number of fused-ring (bicyclic) bond motifs is 1. The fourth-order valence-corrected chi connectivity index (χ4v) is 6.41. The Morgan fingerprint density at radius 2 is 1.71 bits per heavy atom. The molecule has 196 valence electrons. The van der Waals surface area contributed by atoms with Crippen LogP contribution in [0, 0.1) is 5.82 Å². The number of sulfonamides is 1. The van der Waals surface area contributed by atoms with E-state index in [0.29, 0.717) is 35.0 Å². The van der Waals surface area contributed by atoms with Crippen LogP contribution in [0.4, 0.5) is 10.1 Å². The molecular weight excluding hydrogens is 529 g/mol. The van der Waals surface area contributed by atoms with Gasteiger partial charge in [-0.15, -0.1) is 0 Å². The van der Waals surface area contributed by atoms with Crippen LogP contribution in [-0.4, -0.2) is 40.5 Å². The Morgan fingerprint density at radius 1 is 0.974 bits per heavy atom. The third-order valence-electron chi connectivity index (χ3n) is 6.63. The second kappa shape index (κ2) is 9.57. The number of hydrogen-bond donors (Lipinski definition) is 1. The lowest BCUT2D eigenvalue weighted by Crippen LogP contribution is -2.41. The van der Waals surface area contributed by atoms with Crippen LogP contribution in [0.25, 0.3) is 22.0 Å². The van der Waals surface area contributed by atoms with E-state index in [-0.39, 0.29) is 22.7 Å². The van der Waals surface area contributed by atoms with Crippen LogP contribution in [-0.2, 0) is 24.7 Å². The lowest BCUT2D eigenvalue weighted by Gasteiger charge is -2.33. The molecular formula is C27H24FN3O5S2. The summed E-state index contributed by atoms with van der Waals surface area (Å²) < 4.78 is 64.5. The molecule has 2 N–H and O–H groups in total. The highest BCUT2D eigenvalue weighted by Gasteiger charge is 2.35. The van der Waals surface area contributed by atoms with E-state index in [1.54, 1.807) is 42.5 Å². The maximum atomic E-state index is 15.9. The molecule has 1 saturated heterocycles. The molecule has 0 bridgehead atoms. The minimum absolute atomic E-state index is 0.0458. The van der Waals surface area contributed by atoms with Gasteiger partial charge in [0.25, 0.3) is 0 Å². The van der Waals surface area contributed by atoms with Crippen molar-refractivity contribution in [2.24, 2.45) is 5.14 Å². The van der Waals surface area contributed by atoms with E-state index in [1.807, 2.05) is 0 Å². The van der Waals surface area contributed by atoms with Gasteiger partial charge in [0.1, 0.15) is 4.90 Å². The van der Waals surface area contributed by atoms with E-state index < -0.39 is 42.4 Å². The SMILES string of the molecule is CS(=O)(=O)c1c(-c2ccccc2)ccc(N2CCCC(c3ccc4cc(S(N)(=O)=O)ccc4n3)C2=O)c1F. The highest BCUT2D eigenvalue weighted by Crippen LogP contribution is 2.38. The van der Waals surface area contributed by atoms with Crippen molar-refractivity contribution in [3.8, 4) is 11.1 Å². The molecule has 5 rings (SSSR count). The zero-order chi connectivity index (χ0) is 27.2.